The second kappa shape index (κ2) is 6.23. The smallest absolute Gasteiger partial charge is 0.101 e. The van der Waals surface area contributed by atoms with Crippen LogP contribution in [0.5, 0.6) is 0 Å². The van der Waals surface area contributed by atoms with E-state index in [0.717, 1.165) is 5.69 Å². The predicted molar refractivity (Wildman–Crippen MR) is 82.5 cm³/mol. The molecular weight excluding hydrogens is 246 g/mol. The summed E-state index contributed by atoms with van der Waals surface area (Å²) in [6.07, 6.45) is 0. The lowest BCUT2D eigenvalue weighted by Crippen LogP contribution is -2.31. The molecule has 2 aromatic rings. The number of nitriles is 1. The summed E-state index contributed by atoms with van der Waals surface area (Å²) in [4.78, 5) is 2.08. The number of aryl methyl sites for hydroxylation is 1. The average molecular weight is 265 g/mol. The molecular formula is C17H19N3. The molecule has 3 nitrogen and oxygen atoms in total. The molecule has 0 fully saturated rings. The van der Waals surface area contributed by atoms with Gasteiger partial charge < -0.3 is 10.6 Å². The summed E-state index contributed by atoms with van der Waals surface area (Å²) in [7, 11) is 1.98. The van der Waals surface area contributed by atoms with Crippen LogP contribution in [-0.4, -0.2) is 13.6 Å². The zero-order valence-corrected chi connectivity index (χ0v) is 11.9. The molecule has 0 aliphatic carbocycles. The van der Waals surface area contributed by atoms with Crippen molar-refractivity contribution in [3.8, 4) is 6.07 Å². The highest BCUT2D eigenvalue weighted by atomic mass is 15.1. The quantitative estimate of drug-likeness (QED) is 0.924. The molecule has 2 N–H and O–H groups in total. The van der Waals surface area contributed by atoms with Gasteiger partial charge in [-0.25, -0.2) is 0 Å². The van der Waals surface area contributed by atoms with Crippen LogP contribution in [0.1, 0.15) is 22.7 Å². The lowest BCUT2D eigenvalue weighted by molar-refractivity contribution is 0.679. The van der Waals surface area contributed by atoms with Crippen molar-refractivity contribution >= 4 is 5.69 Å². The summed E-state index contributed by atoms with van der Waals surface area (Å²) in [5.74, 6) is 0. The van der Waals surface area contributed by atoms with Crippen LogP contribution < -0.4 is 10.6 Å². The van der Waals surface area contributed by atoms with Crippen LogP contribution in [-0.2, 0) is 0 Å². The summed E-state index contributed by atoms with van der Waals surface area (Å²) in [6.45, 7) is 2.57. The zero-order valence-electron chi connectivity index (χ0n) is 11.9. The molecule has 0 heterocycles. The molecule has 20 heavy (non-hydrogen) atoms. The Morgan fingerprint density at radius 1 is 1.20 bits per heavy atom. The van der Waals surface area contributed by atoms with Crippen LogP contribution in [0.25, 0.3) is 0 Å². The highest BCUT2D eigenvalue weighted by molar-refractivity contribution is 5.60. The van der Waals surface area contributed by atoms with E-state index in [4.69, 9.17) is 5.73 Å². The lowest BCUT2D eigenvalue weighted by atomic mass is 10.0. The van der Waals surface area contributed by atoms with Gasteiger partial charge in [0, 0.05) is 13.6 Å². The van der Waals surface area contributed by atoms with Gasteiger partial charge in [-0.2, -0.15) is 5.26 Å². The Morgan fingerprint density at radius 2 is 1.95 bits per heavy atom. The number of likely N-dealkylation sites (N-methyl/N-ethyl adjacent to an activating group) is 1. The number of rotatable bonds is 4. The van der Waals surface area contributed by atoms with Gasteiger partial charge in [0.1, 0.15) is 6.07 Å². The number of anilines is 1. The van der Waals surface area contributed by atoms with Crippen molar-refractivity contribution in [2.24, 2.45) is 5.73 Å². The van der Waals surface area contributed by atoms with Crippen LogP contribution in [0.2, 0.25) is 0 Å². The summed E-state index contributed by atoms with van der Waals surface area (Å²) < 4.78 is 0. The molecule has 0 saturated heterocycles. The van der Waals surface area contributed by atoms with E-state index >= 15 is 0 Å². The number of para-hydroxylation sites is 1. The van der Waals surface area contributed by atoms with Crippen molar-refractivity contribution in [2.45, 2.75) is 13.0 Å². The van der Waals surface area contributed by atoms with Crippen molar-refractivity contribution in [3.63, 3.8) is 0 Å². The van der Waals surface area contributed by atoms with Crippen molar-refractivity contribution in [1.82, 2.24) is 0 Å². The first-order valence-electron chi connectivity index (χ1n) is 6.66. The van der Waals surface area contributed by atoms with Crippen molar-refractivity contribution in [2.75, 3.05) is 18.5 Å². The van der Waals surface area contributed by atoms with Crippen molar-refractivity contribution in [3.05, 3.63) is 65.2 Å². The van der Waals surface area contributed by atoms with Crippen LogP contribution in [0.3, 0.4) is 0 Å². The monoisotopic (exact) mass is 265 g/mol. The summed E-state index contributed by atoms with van der Waals surface area (Å²) in [5, 5.41) is 9.23. The minimum atomic E-state index is 0.0596. The maximum absolute atomic E-state index is 9.23. The molecule has 0 radical (unpaired) electrons. The highest BCUT2D eigenvalue weighted by Gasteiger charge is 2.18. The minimum absolute atomic E-state index is 0.0596. The van der Waals surface area contributed by atoms with E-state index < -0.39 is 0 Å². The number of nitrogens with zero attached hydrogens (tertiary/aromatic N) is 2. The second-order valence-electron chi connectivity index (χ2n) is 4.91. The molecule has 3 heteroatoms. The molecule has 0 bridgehead atoms. The standard InChI is InChI=1S/C17H19N3/c1-13-6-5-8-14(10-13)17(12-19)20(2)16-9-4-3-7-15(16)11-18/h3-10,17H,12,19H2,1-2H3. The first-order valence-corrected chi connectivity index (χ1v) is 6.66. The van der Waals surface area contributed by atoms with E-state index in [0.29, 0.717) is 12.1 Å². The molecule has 0 aromatic heterocycles. The van der Waals surface area contributed by atoms with Crippen LogP contribution in [0.4, 0.5) is 5.69 Å². The van der Waals surface area contributed by atoms with Crippen LogP contribution in [0, 0.1) is 18.3 Å². The SMILES string of the molecule is Cc1cccc(C(CN)N(C)c2ccccc2C#N)c1. The molecule has 2 rings (SSSR count). The molecule has 0 amide bonds. The molecule has 1 atom stereocenters. The Hall–Kier alpha value is -2.31. The number of nitrogens with two attached hydrogens (primary N) is 1. The summed E-state index contributed by atoms with van der Waals surface area (Å²) >= 11 is 0. The number of hydrogen-bond acceptors (Lipinski definition) is 3. The largest absolute Gasteiger partial charge is 0.365 e. The fourth-order valence-electron chi connectivity index (χ4n) is 2.44. The van der Waals surface area contributed by atoms with Gasteiger partial charge in [0.2, 0.25) is 0 Å². The molecule has 0 aliphatic rings. The third kappa shape index (κ3) is 2.81. The number of benzene rings is 2. The molecule has 0 saturated carbocycles. The normalized spacial score (nSPS) is 11.7. The van der Waals surface area contributed by atoms with Crippen LogP contribution in [0.15, 0.2) is 48.5 Å². The first kappa shape index (κ1) is 14.1. The first-order chi connectivity index (χ1) is 9.67. The Labute approximate surface area is 120 Å². The maximum atomic E-state index is 9.23. The molecule has 1 unspecified atom stereocenters. The predicted octanol–water partition coefficient (Wildman–Crippen LogP) is 3.00. The summed E-state index contributed by atoms with van der Waals surface area (Å²) in [6, 6.07) is 18.2. The van der Waals surface area contributed by atoms with E-state index in [-0.39, 0.29) is 6.04 Å². The van der Waals surface area contributed by atoms with Gasteiger partial charge in [0.15, 0.2) is 0 Å². The Bertz CT molecular complexity index is 628. The maximum Gasteiger partial charge on any atom is 0.101 e. The van der Waals surface area contributed by atoms with Gasteiger partial charge in [0.25, 0.3) is 0 Å². The molecule has 0 aliphatic heterocycles. The van der Waals surface area contributed by atoms with Gasteiger partial charge >= 0.3 is 0 Å². The van der Waals surface area contributed by atoms with Crippen molar-refractivity contribution < 1.29 is 0 Å². The van der Waals surface area contributed by atoms with Gasteiger partial charge in [-0.05, 0) is 24.6 Å². The minimum Gasteiger partial charge on any atom is -0.365 e. The molecule has 2 aromatic carbocycles. The van der Waals surface area contributed by atoms with Gasteiger partial charge in [-0.1, -0.05) is 42.0 Å². The Kier molecular flexibility index (Phi) is 4.39. The summed E-state index contributed by atoms with van der Waals surface area (Å²) in [5.41, 5.74) is 9.92. The molecule has 0 spiro atoms. The Morgan fingerprint density at radius 3 is 2.60 bits per heavy atom. The molecule has 102 valence electrons. The van der Waals surface area contributed by atoms with Gasteiger partial charge in [-0.15, -0.1) is 0 Å². The van der Waals surface area contributed by atoms with Gasteiger partial charge in [0.05, 0.1) is 17.3 Å². The lowest BCUT2D eigenvalue weighted by Gasteiger charge is -2.30. The third-order valence-electron chi connectivity index (χ3n) is 3.52. The average Bonchev–Trinajstić information content (AvgIpc) is 2.48. The van der Waals surface area contributed by atoms with E-state index in [9.17, 15) is 5.26 Å². The van der Waals surface area contributed by atoms with E-state index in [1.807, 2.05) is 37.4 Å². The highest BCUT2D eigenvalue weighted by Crippen LogP contribution is 2.27. The van der Waals surface area contributed by atoms with Gasteiger partial charge in [-0.3, -0.25) is 0 Å². The fraction of sp³-hybridized carbons (Fsp3) is 0.235. The van der Waals surface area contributed by atoms with E-state index in [1.165, 1.54) is 11.1 Å². The zero-order chi connectivity index (χ0) is 14.5. The van der Waals surface area contributed by atoms with Crippen molar-refractivity contribution in [1.29, 1.82) is 5.26 Å². The Balaban J connectivity index is 2.39. The second-order valence-corrected chi connectivity index (χ2v) is 4.91. The van der Waals surface area contributed by atoms with E-state index in [1.54, 1.807) is 0 Å². The van der Waals surface area contributed by atoms with Crippen LogP contribution >= 0.6 is 0 Å². The number of hydrogen-bond donors (Lipinski definition) is 1. The topological polar surface area (TPSA) is 53.0 Å². The fourth-order valence-corrected chi connectivity index (χ4v) is 2.44. The van der Waals surface area contributed by atoms with E-state index in [2.05, 4.69) is 36.1 Å². The third-order valence-corrected chi connectivity index (χ3v) is 3.52.